The Morgan fingerprint density at radius 1 is 1.03 bits per heavy atom. The number of nitrogens with one attached hydrogen (secondary N) is 2. The summed E-state index contributed by atoms with van der Waals surface area (Å²) in [5, 5.41) is 6.12. The van der Waals surface area contributed by atoms with Crippen LogP contribution in [0.3, 0.4) is 0 Å². The van der Waals surface area contributed by atoms with Crippen LogP contribution in [-0.4, -0.2) is 43.0 Å². The number of rotatable bonds is 10. The van der Waals surface area contributed by atoms with Crippen LogP contribution >= 0.6 is 23.2 Å². The lowest BCUT2D eigenvalue weighted by Crippen LogP contribution is -2.39. The zero-order valence-electron chi connectivity index (χ0n) is 16.1. The molecule has 2 aromatic carbocycles. The van der Waals surface area contributed by atoms with Gasteiger partial charge in [0.2, 0.25) is 11.8 Å². The van der Waals surface area contributed by atoms with E-state index in [-0.39, 0.29) is 30.7 Å². The van der Waals surface area contributed by atoms with Gasteiger partial charge in [-0.25, -0.2) is 0 Å². The zero-order valence-corrected chi connectivity index (χ0v) is 17.6. The Kier molecular flexibility index (Phi) is 9.29. The Morgan fingerprint density at radius 3 is 2.23 bits per heavy atom. The third-order valence-electron chi connectivity index (χ3n) is 3.84. The highest BCUT2D eigenvalue weighted by atomic mass is 35.5. The average molecular weight is 460 g/mol. The molecule has 0 fully saturated rings. The van der Waals surface area contributed by atoms with Crippen molar-refractivity contribution < 1.29 is 23.1 Å². The van der Waals surface area contributed by atoms with Crippen LogP contribution in [0.1, 0.15) is 13.3 Å². The molecule has 2 N–H and O–H groups in total. The Morgan fingerprint density at radius 2 is 1.67 bits per heavy atom. The smallest absolute Gasteiger partial charge is 0.387 e. The van der Waals surface area contributed by atoms with Gasteiger partial charge in [0.1, 0.15) is 5.75 Å². The SMILES string of the molecule is CCCN(CC(=O)Nc1ccc(OC(F)F)cc1)CC(=O)Nc1ccc(Cl)cc1Cl. The van der Waals surface area contributed by atoms with Gasteiger partial charge >= 0.3 is 6.61 Å². The molecule has 10 heteroatoms. The van der Waals surface area contributed by atoms with E-state index in [4.69, 9.17) is 23.2 Å². The summed E-state index contributed by atoms with van der Waals surface area (Å²) in [4.78, 5) is 26.4. The quantitative estimate of drug-likeness (QED) is 0.530. The molecule has 0 saturated heterocycles. The van der Waals surface area contributed by atoms with Gasteiger partial charge in [-0.15, -0.1) is 0 Å². The lowest BCUT2D eigenvalue weighted by atomic mass is 10.3. The molecule has 0 radical (unpaired) electrons. The Balaban J connectivity index is 1.90. The summed E-state index contributed by atoms with van der Waals surface area (Å²) in [5.41, 5.74) is 0.855. The molecule has 2 rings (SSSR count). The van der Waals surface area contributed by atoms with Crippen LogP contribution in [-0.2, 0) is 9.59 Å². The third kappa shape index (κ3) is 8.14. The number of halogens is 4. The van der Waals surface area contributed by atoms with E-state index in [9.17, 15) is 18.4 Å². The maximum Gasteiger partial charge on any atom is 0.387 e. The van der Waals surface area contributed by atoms with Crippen molar-refractivity contribution in [1.82, 2.24) is 4.90 Å². The van der Waals surface area contributed by atoms with Gasteiger partial charge in [-0.2, -0.15) is 8.78 Å². The molecular formula is C20H21Cl2F2N3O3. The Labute approximate surface area is 183 Å². The second kappa shape index (κ2) is 11.7. The predicted molar refractivity (Wildman–Crippen MR) is 114 cm³/mol. The highest BCUT2D eigenvalue weighted by Crippen LogP contribution is 2.25. The third-order valence-corrected chi connectivity index (χ3v) is 4.39. The molecule has 0 aliphatic rings. The fourth-order valence-corrected chi connectivity index (χ4v) is 3.09. The average Bonchev–Trinajstić information content (AvgIpc) is 2.65. The van der Waals surface area contributed by atoms with Crippen LogP contribution in [0.15, 0.2) is 42.5 Å². The minimum Gasteiger partial charge on any atom is -0.435 e. The first-order valence-electron chi connectivity index (χ1n) is 9.08. The number of anilines is 2. The second-order valence-corrected chi connectivity index (χ2v) is 7.18. The van der Waals surface area contributed by atoms with E-state index >= 15 is 0 Å². The fourth-order valence-electron chi connectivity index (χ4n) is 2.64. The molecule has 30 heavy (non-hydrogen) atoms. The van der Waals surface area contributed by atoms with E-state index in [2.05, 4.69) is 15.4 Å². The largest absolute Gasteiger partial charge is 0.435 e. The van der Waals surface area contributed by atoms with Crippen molar-refractivity contribution in [3.63, 3.8) is 0 Å². The van der Waals surface area contributed by atoms with Gasteiger partial charge in [0.05, 0.1) is 23.8 Å². The van der Waals surface area contributed by atoms with E-state index in [0.29, 0.717) is 28.0 Å². The molecule has 0 saturated carbocycles. The monoisotopic (exact) mass is 459 g/mol. The topological polar surface area (TPSA) is 70.7 Å². The van der Waals surface area contributed by atoms with Gasteiger partial charge < -0.3 is 15.4 Å². The number of benzene rings is 2. The summed E-state index contributed by atoms with van der Waals surface area (Å²) in [5.74, 6) is -0.676. The molecule has 162 valence electrons. The number of alkyl halides is 2. The van der Waals surface area contributed by atoms with Crippen molar-refractivity contribution in [2.24, 2.45) is 0 Å². The maximum absolute atomic E-state index is 12.3. The van der Waals surface area contributed by atoms with Crippen molar-refractivity contribution in [3.8, 4) is 5.75 Å². The molecule has 0 aliphatic carbocycles. The lowest BCUT2D eigenvalue weighted by Gasteiger charge is -2.21. The van der Waals surface area contributed by atoms with Gasteiger partial charge in [-0.05, 0) is 55.4 Å². The van der Waals surface area contributed by atoms with Crippen molar-refractivity contribution in [2.75, 3.05) is 30.3 Å². The van der Waals surface area contributed by atoms with Crippen LogP contribution in [0.5, 0.6) is 5.75 Å². The summed E-state index contributed by atoms with van der Waals surface area (Å²) in [6.45, 7) is -0.495. The number of carbonyl (C=O) groups is 2. The summed E-state index contributed by atoms with van der Waals surface area (Å²) in [6.07, 6.45) is 0.738. The van der Waals surface area contributed by atoms with E-state index in [1.807, 2.05) is 6.92 Å². The molecule has 0 bridgehead atoms. The Bertz CT molecular complexity index is 867. The first kappa shape index (κ1) is 23.9. The number of hydrogen-bond acceptors (Lipinski definition) is 4. The molecular weight excluding hydrogens is 439 g/mol. The number of nitrogens with zero attached hydrogens (tertiary/aromatic N) is 1. The second-order valence-electron chi connectivity index (χ2n) is 6.33. The number of carbonyl (C=O) groups excluding carboxylic acids is 2. The number of hydrogen-bond donors (Lipinski definition) is 2. The summed E-state index contributed by atoms with van der Waals surface area (Å²) < 4.78 is 28.6. The minimum atomic E-state index is -2.91. The summed E-state index contributed by atoms with van der Waals surface area (Å²) >= 11 is 11.9. The molecule has 0 unspecified atom stereocenters. The van der Waals surface area contributed by atoms with E-state index in [0.717, 1.165) is 6.42 Å². The van der Waals surface area contributed by atoms with E-state index in [1.165, 1.54) is 30.3 Å². The van der Waals surface area contributed by atoms with Gasteiger partial charge in [-0.1, -0.05) is 30.1 Å². The van der Waals surface area contributed by atoms with E-state index < -0.39 is 6.61 Å². The zero-order chi connectivity index (χ0) is 22.1. The summed E-state index contributed by atoms with van der Waals surface area (Å²) in [6, 6.07) is 10.3. The maximum atomic E-state index is 12.3. The molecule has 0 atom stereocenters. The van der Waals surface area contributed by atoms with Gasteiger partial charge in [0.25, 0.3) is 0 Å². The lowest BCUT2D eigenvalue weighted by molar-refractivity contribution is -0.120. The van der Waals surface area contributed by atoms with Crippen LogP contribution < -0.4 is 15.4 Å². The first-order valence-corrected chi connectivity index (χ1v) is 9.84. The molecule has 0 aliphatic heterocycles. The van der Waals surface area contributed by atoms with Crippen molar-refractivity contribution in [3.05, 3.63) is 52.5 Å². The van der Waals surface area contributed by atoms with Crippen molar-refractivity contribution >= 4 is 46.4 Å². The first-order chi connectivity index (χ1) is 14.3. The molecule has 0 spiro atoms. The van der Waals surface area contributed by atoms with Crippen LogP contribution in [0.4, 0.5) is 20.2 Å². The van der Waals surface area contributed by atoms with Crippen LogP contribution in [0, 0.1) is 0 Å². The normalized spacial score (nSPS) is 10.9. The molecule has 6 nitrogen and oxygen atoms in total. The number of amides is 2. The van der Waals surface area contributed by atoms with Crippen LogP contribution in [0.25, 0.3) is 0 Å². The summed E-state index contributed by atoms with van der Waals surface area (Å²) in [7, 11) is 0. The molecule has 2 aromatic rings. The molecule has 0 aromatic heterocycles. The highest BCUT2D eigenvalue weighted by molar-refractivity contribution is 6.36. The number of ether oxygens (including phenoxy) is 1. The van der Waals surface area contributed by atoms with Crippen molar-refractivity contribution in [1.29, 1.82) is 0 Å². The highest BCUT2D eigenvalue weighted by Gasteiger charge is 2.15. The van der Waals surface area contributed by atoms with Gasteiger partial charge in [0.15, 0.2) is 0 Å². The van der Waals surface area contributed by atoms with Crippen molar-refractivity contribution in [2.45, 2.75) is 20.0 Å². The van der Waals surface area contributed by atoms with Gasteiger partial charge in [-0.3, -0.25) is 14.5 Å². The Hall–Kier alpha value is -2.42. The van der Waals surface area contributed by atoms with E-state index in [1.54, 1.807) is 17.0 Å². The molecule has 2 amide bonds. The standard InChI is InChI=1S/C20H21Cl2F2N3O3/c1-2-9-27(12-19(29)26-17-8-3-13(21)10-16(17)22)11-18(28)25-14-4-6-15(7-5-14)30-20(23)24/h3-8,10,20H,2,9,11-12H2,1H3,(H,25,28)(H,26,29). The molecule has 0 heterocycles. The van der Waals surface area contributed by atoms with Gasteiger partial charge in [0, 0.05) is 10.7 Å². The fraction of sp³-hybridized carbons (Fsp3) is 0.300. The predicted octanol–water partition coefficient (Wildman–Crippen LogP) is 4.88. The minimum absolute atomic E-state index is 0.00635. The van der Waals surface area contributed by atoms with Crippen LogP contribution in [0.2, 0.25) is 10.0 Å².